The number of amides is 1. The molecule has 0 spiro atoms. The quantitative estimate of drug-likeness (QED) is 0.872. The molecule has 1 aromatic heterocycles. The van der Waals surface area contributed by atoms with Gasteiger partial charge in [-0.3, -0.25) is 4.79 Å². The molecule has 1 amide bonds. The van der Waals surface area contributed by atoms with Crippen LogP contribution in [0.4, 0.5) is 13.2 Å². The summed E-state index contributed by atoms with van der Waals surface area (Å²) in [5.74, 6) is -2.19. The summed E-state index contributed by atoms with van der Waals surface area (Å²) >= 11 is 0. The van der Waals surface area contributed by atoms with Crippen molar-refractivity contribution in [3.8, 4) is 0 Å². The van der Waals surface area contributed by atoms with E-state index in [4.69, 9.17) is 9.52 Å². The van der Waals surface area contributed by atoms with Gasteiger partial charge >= 0.3 is 12.1 Å². The molecule has 0 radical (unpaired) electrons. The summed E-state index contributed by atoms with van der Waals surface area (Å²) in [7, 11) is 0. The maximum absolute atomic E-state index is 12.5. The van der Waals surface area contributed by atoms with Crippen molar-refractivity contribution in [2.45, 2.75) is 19.0 Å². The van der Waals surface area contributed by atoms with E-state index in [0.717, 1.165) is 24.5 Å². The Hall–Kier alpha value is -2.77. The van der Waals surface area contributed by atoms with Gasteiger partial charge in [0.25, 0.3) is 5.91 Å². The molecule has 2 rings (SSSR count). The summed E-state index contributed by atoms with van der Waals surface area (Å²) in [6.07, 6.45) is -3.44. The van der Waals surface area contributed by atoms with Gasteiger partial charge in [0, 0.05) is 12.6 Å². The summed E-state index contributed by atoms with van der Waals surface area (Å²) in [4.78, 5) is 22.6. The molecule has 2 N–H and O–H groups in total. The third kappa shape index (κ3) is 4.15. The lowest BCUT2D eigenvalue weighted by molar-refractivity contribution is -0.137. The van der Waals surface area contributed by atoms with Crippen LogP contribution in [0.2, 0.25) is 0 Å². The smallest absolute Gasteiger partial charge is 0.416 e. The summed E-state index contributed by atoms with van der Waals surface area (Å²) in [6, 6.07) is 5.78. The number of carbonyl (C=O) groups is 2. The molecule has 0 bridgehead atoms. The predicted octanol–water partition coefficient (Wildman–Crippen LogP) is 3.53. The zero-order chi connectivity index (χ0) is 17.9. The molecule has 1 atom stereocenters. The Balaban J connectivity index is 1.95. The Morgan fingerprint density at radius 3 is 2.38 bits per heavy atom. The van der Waals surface area contributed by atoms with E-state index in [1.165, 1.54) is 12.1 Å². The van der Waals surface area contributed by atoms with E-state index < -0.39 is 23.6 Å². The first-order valence-corrected chi connectivity index (χ1v) is 6.95. The van der Waals surface area contributed by atoms with Crippen molar-refractivity contribution in [2.75, 3.05) is 6.54 Å². The molecule has 0 saturated carbocycles. The number of carboxylic acids is 1. The Bertz CT molecular complexity index is 735. The second-order valence-corrected chi connectivity index (χ2v) is 5.24. The van der Waals surface area contributed by atoms with E-state index in [9.17, 15) is 22.8 Å². The fourth-order valence-corrected chi connectivity index (χ4v) is 2.02. The number of carbonyl (C=O) groups excluding carboxylic acids is 1. The first kappa shape index (κ1) is 17.6. The highest BCUT2D eigenvalue weighted by Crippen LogP contribution is 2.30. The second kappa shape index (κ2) is 6.77. The van der Waals surface area contributed by atoms with Crippen LogP contribution in [-0.4, -0.2) is 23.5 Å². The average molecular weight is 341 g/mol. The van der Waals surface area contributed by atoms with Crippen molar-refractivity contribution in [3.05, 3.63) is 59.0 Å². The summed E-state index contributed by atoms with van der Waals surface area (Å²) in [5.41, 5.74) is -0.246. The summed E-state index contributed by atoms with van der Waals surface area (Å²) in [5, 5.41) is 11.3. The number of nitrogens with one attached hydrogen (secondary N) is 1. The highest BCUT2D eigenvalue weighted by Gasteiger charge is 2.30. The molecular formula is C16H14F3NO4. The van der Waals surface area contributed by atoms with Crippen molar-refractivity contribution in [3.63, 3.8) is 0 Å². The largest absolute Gasteiger partial charge is 0.478 e. The SMILES string of the molecule is CC(CNC(=O)c1cc(C(=O)O)co1)c1ccc(C(F)(F)F)cc1. The molecule has 2 aromatic rings. The van der Waals surface area contributed by atoms with Crippen LogP contribution in [0.3, 0.4) is 0 Å². The van der Waals surface area contributed by atoms with Gasteiger partial charge < -0.3 is 14.8 Å². The molecule has 0 aliphatic rings. The van der Waals surface area contributed by atoms with E-state index in [1.54, 1.807) is 6.92 Å². The average Bonchev–Trinajstić information content (AvgIpc) is 3.02. The lowest BCUT2D eigenvalue weighted by Crippen LogP contribution is -2.27. The van der Waals surface area contributed by atoms with Gasteiger partial charge in [0.2, 0.25) is 0 Å². The third-order valence-electron chi connectivity index (χ3n) is 3.45. The standard InChI is InChI=1S/C16H14F3NO4/c1-9(10-2-4-12(5-3-10)16(17,18)19)7-20-14(21)13-6-11(8-24-13)15(22)23/h2-6,8-9H,7H2,1H3,(H,20,21)(H,22,23). The second-order valence-electron chi connectivity index (χ2n) is 5.24. The van der Waals surface area contributed by atoms with Crippen LogP contribution in [0.15, 0.2) is 41.0 Å². The highest BCUT2D eigenvalue weighted by atomic mass is 19.4. The van der Waals surface area contributed by atoms with E-state index in [0.29, 0.717) is 5.56 Å². The van der Waals surface area contributed by atoms with Gasteiger partial charge in [-0.15, -0.1) is 0 Å². The molecule has 0 saturated heterocycles. The predicted molar refractivity (Wildman–Crippen MR) is 77.9 cm³/mol. The molecule has 8 heteroatoms. The van der Waals surface area contributed by atoms with Crippen LogP contribution < -0.4 is 5.32 Å². The number of aromatic carboxylic acids is 1. The van der Waals surface area contributed by atoms with Gasteiger partial charge in [-0.25, -0.2) is 4.79 Å². The zero-order valence-corrected chi connectivity index (χ0v) is 12.6. The minimum atomic E-state index is -4.39. The van der Waals surface area contributed by atoms with Gasteiger partial charge in [0.05, 0.1) is 11.1 Å². The Labute approximate surface area is 135 Å². The molecule has 1 aromatic carbocycles. The number of halogens is 3. The van der Waals surface area contributed by atoms with Gasteiger partial charge in [0.1, 0.15) is 6.26 Å². The molecule has 5 nitrogen and oxygen atoms in total. The Kier molecular flexibility index (Phi) is 4.96. The maximum Gasteiger partial charge on any atom is 0.416 e. The zero-order valence-electron chi connectivity index (χ0n) is 12.6. The molecule has 128 valence electrons. The van der Waals surface area contributed by atoms with Gasteiger partial charge in [0.15, 0.2) is 5.76 Å². The third-order valence-corrected chi connectivity index (χ3v) is 3.45. The van der Waals surface area contributed by atoms with Crippen LogP contribution in [0.5, 0.6) is 0 Å². The minimum Gasteiger partial charge on any atom is -0.478 e. The van der Waals surface area contributed by atoms with Gasteiger partial charge in [-0.2, -0.15) is 13.2 Å². The first-order chi connectivity index (χ1) is 11.2. The van der Waals surface area contributed by atoms with Crippen molar-refractivity contribution in [1.29, 1.82) is 0 Å². The molecule has 1 heterocycles. The number of benzene rings is 1. The van der Waals surface area contributed by atoms with Gasteiger partial charge in [-0.1, -0.05) is 19.1 Å². The molecule has 24 heavy (non-hydrogen) atoms. The van der Waals surface area contributed by atoms with E-state index in [-0.39, 0.29) is 23.8 Å². The molecule has 0 aliphatic heterocycles. The summed E-state index contributed by atoms with van der Waals surface area (Å²) in [6.45, 7) is 1.90. The molecule has 0 aliphatic carbocycles. The van der Waals surface area contributed by atoms with E-state index in [1.807, 2.05) is 0 Å². The normalized spacial score (nSPS) is 12.7. The Morgan fingerprint density at radius 1 is 1.25 bits per heavy atom. The van der Waals surface area contributed by atoms with Crippen LogP contribution >= 0.6 is 0 Å². The van der Waals surface area contributed by atoms with Crippen LogP contribution in [0.1, 0.15) is 44.9 Å². The highest BCUT2D eigenvalue weighted by molar-refractivity contribution is 5.95. The minimum absolute atomic E-state index is 0.143. The molecule has 0 fully saturated rings. The van der Waals surface area contributed by atoms with Crippen LogP contribution in [0.25, 0.3) is 0 Å². The van der Waals surface area contributed by atoms with Crippen molar-refractivity contribution in [2.24, 2.45) is 0 Å². The lowest BCUT2D eigenvalue weighted by atomic mass is 9.99. The fraction of sp³-hybridized carbons (Fsp3) is 0.250. The lowest BCUT2D eigenvalue weighted by Gasteiger charge is -2.14. The molecular weight excluding hydrogens is 327 g/mol. The Morgan fingerprint density at radius 2 is 1.88 bits per heavy atom. The monoisotopic (exact) mass is 341 g/mol. The number of alkyl halides is 3. The number of hydrogen-bond donors (Lipinski definition) is 2. The van der Waals surface area contributed by atoms with Crippen molar-refractivity contribution < 1.29 is 32.3 Å². The number of rotatable bonds is 5. The number of carboxylic acid groups (broad SMARTS) is 1. The number of furan rings is 1. The van der Waals surface area contributed by atoms with E-state index in [2.05, 4.69) is 5.32 Å². The maximum atomic E-state index is 12.5. The van der Waals surface area contributed by atoms with Crippen molar-refractivity contribution in [1.82, 2.24) is 5.32 Å². The first-order valence-electron chi connectivity index (χ1n) is 6.95. The summed E-state index contributed by atoms with van der Waals surface area (Å²) < 4.78 is 42.4. The number of hydrogen-bond acceptors (Lipinski definition) is 3. The fourth-order valence-electron chi connectivity index (χ4n) is 2.02. The van der Waals surface area contributed by atoms with E-state index >= 15 is 0 Å². The van der Waals surface area contributed by atoms with Crippen molar-refractivity contribution >= 4 is 11.9 Å². The van der Waals surface area contributed by atoms with Crippen LogP contribution in [-0.2, 0) is 6.18 Å². The topological polar surface area (TPSA) is 79.5 Å². The van der Waals surface area contributed by atoms with Gasteiger partial charge in [-0.05, 0) is 23.6 Å². The van der Waals surface area contributed by atoms with Crippen LogP contribution in [0, 0.1) is 0 Å². The molecule has 1 unspecified atom stereocenters.